The molecule has 0 radical (unpaired) electrons. The van der Waals surface area contributed by atoms with Crippen LogP contribution >= 0.6 is 0 Å². The highest BCUT2D eigenvalue weighted by atomic mass is 14.8. The number of aliphatic imine (C=N–C) groups is 2. The zero-order valence-corrected chi connectivity index (χ0v) is 37.8. The molecule has 2 aromatic carbocycles. The number of rotatable bonds is 35. The Labute approximate surface area is 349 Å². The van der Waals surface area contributed by atoms with E-state index in [1.807, 2.05) is 0 Å². The second-order valence-corrected chi connectivity index (χ2v) is 16.8. The van der Waals surface area contributed by atoms with Gasteiger partial charge in [0.25, 0.3) is 0 Å². The monoisotopic (exact) mass is 765 g/mol. The van der Waals surface area contributed by atoms with Gasteiger partial charge in [0.15, 0.2) is 0 Å². The third-order valence-corrected chi connectivity index (χ3v) is 11.3. The Morgan fingerprint density at radius 1 is 0.411 bits per heavy atom. The van der Waals surface area contributed by atoms with Crippen molar-refractivity contribution in [2.45, 2.75) is 247 Å². The van der Waals surface area contributed by atoms with Gasteiger partial charge in [0.2, 0.25) is 0 Å². The largest absolute Gasteiger partial charge is 0.252 e. The summed E-state index contributed by atoms with van der Waals surface area (Å²) in [6.07, 6.45) is 41.4. The van der Waals surface area contributed by atoms with E-state index in [1.54, 1.807) is 0 Å². The smallest absolute Gasteiger partial charge is 0.0665 e. The molecule has 2 nitrogen and oxygen atoms in total. The third kappa shape index (κ3) is 24.9. The van der Waals surface area contributed by atoms with Crippen LogP contribution in [0.2, 0.25) is 0 Å². The molecule has 2 rings (SSSR count). The average Bonchev–Trinajstić information content (AvgIpc) is 3.21. The molecule has 2 aromatic rings. The Morgan fingerprint density at radius 3 is 1.43 bits per heavy atom. The van der Waals surface area contributed by atoms with Gasteiger partial charge in [-0.1, -0.05) is 187 Å². The number of hydrogen-bond acceptors (Lipinski definition) is 2. The van der Waals surface area contributed by atoms with Gasteiger partial charge in [-0.3, -0.25) is 9.98 Å². The van der Waals surface area contributed by atoms with Crippen LogP contribution in [0.3, 0.4) is 0 Å². The first-order valence-electron chi connectivity index (χ1n) is 24.5. The Hall–Kier alpha value is -2.66. The quantitative estimate of drug-likeness (QED) is 0.0379. The van der Waals surface area contributed by atoms with Crippen molar-refractivity contribution >= 4 is 22.8 Å². The van der Waals surface area contributed by atoms with E-state index < -0.39 is 0 Å². The SMILES string of the molecule is CCCCCCCCCCCCCC#CCCCc1ccccc1N=C(CCCC)C(CCCCCCCC)=Nc1cc(CCCCC)cc(CCCCC)c1. The normalized spacial score (nSPS) is 11.9. The first-order chi connectivity index (χ1) is 27.6. The molecule has 0 amide bonds. The van der Waals surface area contributed by atoms with Crippen molar-refractivity contribution in [1.82, 2.24) is 0 Å². The summed E-state index contributed by atoms with van der Waals surface area (Å²) in [5.74, 6) is 6.99. The lowest BCUT2D eigenvalue weighted by Crippen LogP contribution is -2.15. The second-order valence-electron chi connectivity index (χ2n) is 16.8. The fourth-order valence-corrected chi connectivity index (χ4v) is 7.76. The Morgan fingerprint density at radius 2 is 0.857 bits per heavy atom. The van der Waals surface area contributed by atoms with E-state index in [4.69, 9.17) is 9.98 Å². The van der Waals surface area contributed by atoms with Gasteiger partial charge in [-0.25, -0.2) is 0 Å². The van der Waals surface area contributed by atoms with Crippen molar-refractivity contribution in [2.75, 3.05) is 0 Å². The van der Waals surface area contributed by atoms with E-state index in [0.717, 1.165) is 75.6 Å². The molecule has 0 heterocycles. The first kappa shape index (κ1) is 49.5. The summed E-state index contributed by atoms with van der Waals surface area (Å²) in [7, 11) is 0. The molecule has 2 heteroatoms. The van der Waals surface area contributed by atoms with Gasteiger partial charge < -0.3 is 0 Å². The van der Waals surface area contributed by atoms with Crippen LogP contribution in [-0.2, 0) is 19.3 Å². The number of para-hydroxylation sites is 1. The lowest BCUT2D eigenvalue weighted by Gasteiger charge is -2.14. The molecule has 0 fully saturated rings. The molecular weight excluding hydrogens is 677 g/mol. The van der Waals surface area contributed by atoms with Crippen LogP contribution in [0.1, 0.15) is 244 Å². The zero-order valence-electron chi connectivity index (χ0n) is 37.8. The fraction of sp³-hybridized carbons (Fsp3) is 0.704. The molecular formula is C54H88N2. The molecule has 0 aromatic heterocycles. The number of hydrogen-bond donors (Lipinski definition) is 0. The molecule has 0 unspecified atom stereocenters. The van der Waals surface area contributed by atoms with Crippen LogP contribution in [0.25, 0.3) is 0 Å². The van der Waals surface area contributed by atoms with Gasteiger partial charge in [-0.2, -0.15) is 0 Å². The van der Waals surface area contributed by atoms with Gasteiger partial charge in [-0.15, -0.1) is 11.8 Å². The molecule has 56 heavy (non-hydrogen) atoms. The molecule has 0 saturated carbocycles. The minimum Gasteiger partial charge on any atom is -0.252 e. The van der Waals surface area contributed by atoms with Crippen molar-refractivity contribution in [1.29, 1.82) is 0 Å². The van der Waals surface area contributed by atoms with Crippen LogP contribution in [-0.4, -0.2) is 11.4 Å². The van der Waals surface area contributed by atoms with Gasteiger partial charge in [0.05, 0.1) is 22.8 Å². The van der Waals surface area contributed by atoms with Crippen LogP contribution in [0.4, 0.5) is 11.4 Å². The maximum atomic E-state index is 5.56. The number of nitrogens with zero attached hydrogens (tertiary/aromatic N) is 2. The number of aryl methyl sites for hydroxylation is 3. The summed E-state index contributed by atoms with van der Waals surface area (Å²) in [5.41, 5.74) is 9.00. The van der Waals surface area contributed by atoms with Crippen molar-refractivity contribution in [3.8, 4) is 11.8 Å². The highest BCUT2D eigenvalue weighted by molar-refractivity contribution is 6.43. The predicted octanol–water partition coefficient (Wildman–Crippen LogP) is 18.0. The summed E-state index contributed by atoms with van der Waals surface area (Å²) in [6, 6.07) is 16.1. The summed E-state index contributed by atoms with van der Waals surface area (Å²) in [6.45, 7) is 11.5. The summed E-state index contributed by atoms with van der Waals surface area (Å²) in [4.78, 5) is 11.1. The van der Waals surface area contributed by atoms with Gasteiger partial charge >= 0.3 is 0 Å². The van der Waals surface area contributed by atoms with Crippen LogP contribution in [0, 0.1) is 11.8 Å². The van der Waals surface area contributed by atoms with Gasteiger partial charge in [0, 0.05) is 12.8 Å². The van der Waals surface area contributed by atoms with Gasteiger partial charge in [0.1, 0.15) is 0 Å². The Bertz CT molecular complexity index is 1330. The first-order valence-corrected chi connectivity index (χ1v) is 24.5. The third-order valence-electron chi connectivity index (χ3n) is 11.3. The molecule has 314 valence electrons. The van der Waals surface area contributed by atoms with E-state index in [9.17, 15) is 0 Å². The minimum absolute atomic E-state index is 0.971. The molecule has 0 saturated heterocycles. The highest BCUT2D eigenvalue weighted by Crippen LogP contribution is 2.26. The van der Waals surface area contributed by atoms with E-state index in [-0.39, 0.29) is 0 Å². The minimum atomic E-state index is 0.971. The van der Waals surface area contributed by atoms with Crippen molar-refractivity contribution in [3.05, 3.63) is 59.2 Å². The predicted molar refractivity (Wildman–Crippen MR) is 253 cm³/mol. The van der Waals surface area contributed by atoms with Crippen molar-refractivity contribution in [3.63, 3.8) is 0 Å². The van der Waals surface area contributed by atoms with E-state index in [0.29, 0.717) is 0 Å². The van der Waals surface area contributed by atoms with Crippen LogP contribution in [0.5, 0.6) is 0 Å². The summed E-state index contributed by atoms with van der Waals surface area (Å²) < 4.78 is 0. The van der Waals surface area contributed by atoms with E-state index in [2.05, 4.69) is 88.9 Å². The lowest BCUT2D eigenvalue weighted by atomic mass is 9.99. The van der Waals surface area contributed by atoms with Crippen molar-refractivity contribution in [2.24, 2.45) is 9.98 Å². The van der Waals surface area contributed by atoms with E-state index in [1.165, 1.54) is 176 Å². The highest BCUT2D eigenvalue weighted by Gasteiger charge is 2.13. The molecule has 0 spiro atoms. The van der Waals surface area contributed by atoms with Crippen LogP contribution < -0.4 is 0 Å². The fourth-order valence-electron chi connectivity index (χ4n) is 7.76. The molecule has 0 aliphatic rings. The second kappa shape index (κ2) is 35.5. The molecule has 0 aliphatic heterocycles. The van der Waals surface area contributed by atoms with Crippen LogP contribution in [0.15, 0.2) is 52.4 Å². The maximum Gasteiger partial charge on any atom is 0.0665 e. The zero-order chi connectivity index (χ0) is 40.2. The van der Waals surface area contributed by atoms with Crippen molar-refractivity contribution < 1.29 is 0 Å². The number of unbranched alkanes of at least 4 members (excludes halogenated alkanes) is 22. The molecule has 0 aliphatic carbocycles. The number of benzene rings is 2. The summed E-state index contributed by atoms with van der Waals surface area (Å²) in [5, 5.41) is 0. The maximum absolute atomic E-state index is 5.56. The lowest BCUT2D eigenvalue weighted by molar-refractivity contribution is 0.551. The molecule has 0 bridgehead atoms. The molecule has 0 N–H and O–H groups in total. The standard InChI is InChI=1S/C54H88N2/c1-6-11-16-18-20-21-22-23-24-25-26-27-28-29-30-34-40-50-41-36-37-43-52(50)56-54(42-15-10-5)53(44-35-31-19-17-12-7-2)55-51-46-48(38-32-13-8-3)45-49(47-51)39-33-14-9-4/h36-37,41,43,45-47H,6-27,30-35,38-40,42,44H2,1-5H3. The molecule has 0 atom stereocenters. The Balaban J connectivity index is 2.17. The average molecular weight is 765 g/mol. The topological polar surface area (TPSA) is 24.7 Å². The van der Waals surface area contributed by atoms with Gasteiger partial charge in [-0.05, 0) is 106 Å². The summed E-state index contributed by atoms with van der Waals surface area (Å²) >= 11 is 0. The Kier molecular flexibility index (Phi) is 31.4. The van der Waals surface area contributed by atoms with E-state index >= 15 is 0 Å².